The van der Waals surface area contributed by atoms with Crippen LogP contribution in [0.4, 0.5) is 0 Å². The monoisotopic (exact) mass is 262 g/mol. The molecule has 1 rings (SSSR count). The average molecular weight is 262 g/mol. The van der Waals surface area contributed by atoms with Crippen molar-refractivity contribution in [2.24, 2.45) is 11.1 Å². The summed E-state index contributed by atoms with van der Waals surface area (Å²) in [7, 11) is 0. The Morgan fingerprint density at radius 3 is 2.42 bits per heavy atom. The molecule has 0 heterocycles. The number of amides is 2. The molecule has 1 aromatic carbocycles. The van der Waals surface area contributed by atoms with Gasteiger partial charge in [-0.15, -0.1) is 0 Å². The second kappa shape index (κ2) is 7.25. The van der Waals surface area contributed by atoms with Gasteiger partial charge in [0.15, 0.2) is 0 Å². The van der Waals surface area contributed by atoms with Crippen molar-refractivity contribution in [3.63, 3.8) is 0 Å². The maximum atomic E-state index is 12.0. The molecule has 0 fully saturated rings. The lowest BCUT2D eigenvalue weighted by Crippen LogP contribution is -2.46. The van der Waals surface area contributed by atoms with Gasteiger partial charge in [0.25, 0.3) is 11.8 Å². The van der Waals surface area contributed by atoms with Crippen LogP contribution >= 0.6 is 0 Å². The van der Waals surface area contributed by atoms with E-state index in [4.69, 9.17) is 5.53 Å². The van der Waals surface area contributed by atoms with Gasteiger partial charge in [-0.25, -0.2) is 5.43 Å². The Bertz CT molecular complexity index is 445. The van der Waals surface area contributed by atoms with Gasteiger partial charge in [0.1, 0.15) is 6.04 Å². The molecule has 0 spiro atoms. The molecule has 1 atom stereocenters. The van der Waals surface area contributed by atoms with Crippen LogP contribution in [-0.4, -0.2) is 17.9 Å². The minimum absolute atomic E-state index is 0.234. The summed E-state index contributed by atoms with van der Waals surface area (Å²) in [5.41, 5.74) is 9.17. The van der Waals surface area contributed by atoms with Crippen LogP contribution in [0.2, 0.25) is 0 Å². The van der Waals surface area contributed by atoms with Gasteiger partial charge in [-0.3, -0.25) is 9.59 Å². The predicted octanol–water partition coefficient (Wildman–Crippen LogP) is 1.89. The first-order chi connectivity index (χ1) is 9.04. The SMILES string of the molecule is CC(C)CC(NC(=O)c1ccccc1)C(=O)NN=N. The Labute approximate surface area is 112 Å². The second-order valence-corrected chi connectivity index (χ2v) is 4.61. The Balaban J connectivity index is 2.74. The number of nitrogens with zero attached hydrogens (tertiary/aromatic N) is 1. The van der Waals surface area contributed by atoms with Crippen molar-refractivity contribution in [3.8, 4) is 0 Å². The lowest BCUT2D eigenvalue weighted by Gasteiger charge is -2.18. The maximum absolute atomic E-state index is 12.0. The van der Waals surface area contributed by atoms with Crippen molar-refractivity contribution >= 4 is 11.8 Å². The zero-order valence-electron chi connectivity index (χ0n) is 11.0. The quantitative estimate of drug-likeness (QED) is 0.539. The molecule has 3 N–H and O–H groups in total. The molecule has 0 saturated heterocycles. The van der Waals surface area contributed by atoms with Crippen molar-refractivity contribution in [2.75, 3.05) is 0 Å². The van der Waals surface area contributed by atoms with E-state index in [0.717, 1.165) is 0 Å². The average Bonchev–Trinajstić information content (AvgIpc) is 2.38. The van der Waals surface area contributed by atoms with Gasteiger partial charge >= 0.3 is 0 Å². The summed E-state index contributed by atoms with van der Waals surface area (Å²) in [5, 5.41) is 5.50. The predicted molar refractivity (Wildman–Crippen MR) is 70.4 cm³/mol. The van der Waals surface area contributed by atoms with Gasteiger partial charge in [0.2, 0.25) is 0 Å². The highest BCUT2D eigenvalue weighted by Crippen LogP contribution is 2.07. The summed E-state index contributed by atoms with van der Waals surface area (Å²) < 4.78 is 0. The smallest absolute Gasteiger partial charge is 0.263 e. The highest BCUT2D eigenvalue weighted by molar-refractivity contribution is 5.97. The number of carbonyl (C=O) groups excluding carboxylic acids is 2. The highest BCUT2D eigenvalue weighted by atomic mass is 16.2. The molecule has 0 aliphatic heterocycles. The first-order valence-electron chi connectivity index (χ1n) is 6.06. The third-order valence-electron chi connectivity index (χ3n) is 2.53. The Morgan fingerprint density at radius 2 is 1.89 bits per heavy atom. The van der Waals surface area contributed by atoms with Gasteiger partial charge in [-0.05, 0) is 24.5 Å². The summed E-state index contributed by atoms with van der Waals surface area (Å²) >= 11 is 0. The molecular formula is C13H18N4O2. The number of hydrogen-bond donors (Lipinski definition) is 3. The van der Waals surface area contributed by atoms with Crippen LogP contribution in [0.3, 0.4) is 0 Å². The fraction of sp³-hybridized carbons (Fsp3) is 0.385. The molecular weight excluding hydrogens is 244 g/mol. The van der Waals surface area contributed by atoms with Crippen LogP contribution < -0.4 is 10.7 Å². The third-order valence-corrected chi connectivity index (χ3v) is 2.53. The van der Waals surface area contributed by atoms with E-state index in [1.807, 2.05) is 25.3 Å². The largest absolute Gasteiger partial charge is 0.340 e. The van der Waals surface area contributed by atoms with Gasteiger partial charge in [-0.2, -0.15) is 5.53 Å². The number of rotatable bonds is 6. The molecule has 1 aromatic rings. The fourth-order valence-electron chi connectivity index (χ4n) is 1.67. The maximum Gasteiger partial charge on any atom is 0.263 e. The second-order valence-electron chi connectivity index (χ2n) is 4.61. The van der Waals surface area contributed by atoms with Crippen molar-refractivity contribution < 1.29 is 9.59 Å². The molecule has 19 heavy (non-hydrogen) atoms. The molecule has 6 heteroatoms. The van der Waals surface area contributed by atoms with Crippen molar-refractivity contribution in [1.29, 1.82) is 5.53 Å². The van der Waals surface area contributed by atoms with Gasteiger partial charge in [-0.1, -0.05) is 37.3 Å². The number of carbonyl (C=O) groups is 2. The van der Waals surface area contributed by atoms with Crippen LogP contribution in [-0.2, 0) is 4.79 Å². The Hall–Kier alpha value is -2.24. The topological polar surface area (TPSA) is 94.4 Å². The van der Waals surface area contributed by atoms with E-state index in [1.54, 1.807) is 24.3 Å². The molecule has 0 saturated carbocycles. The Kier molecular flexibility index (Phi) is 5.66. The van der Waals surface area contributed by atoms with Gasteiger partial charge < -0.3 is 5.32 Å². The molecule has 2 amide bonds. The molecule has 0 radical (unpaired) electrons. The van der Waals surface area contributed by atoms with E-state index < -0.39 is 11.9 Å². The summed E-state index contributed by atoms with van der Waals surface area (Å²) in [6, 6.07) is 7.98. The number of benzene rings is 1. The van der Waals surface area contributed by atoms with Crippen LogP contribution in [0.25, 0.3) is 0 Å². The van der Waals surface area contributed by atoms with Gasteiger partial charge in [0.05, 0.1) is 0 Å². The van der Waals surface area contributed by atoms with Crippen LogP contribution in [0, 0.1) is 11.4 Å². The highest BCUT2D eigenvalue weighted by Gasteiger charge is 2.22. The van der Waals surface area contributed by atoms with Crippen LogP contribution in [0.5, 0.6) is 0 Å². The zero-order chi connectivity index (χ0) is 14.3. The summed E-state index contributed by atoms with van der Waals surface area (Å²) in [5.74, 6) is -0.558. The van der Waals surface area contributed by atoms with Crippen LogP contribution in [0.15, 0.2) is 35.6 Å². The molecule has 0 bridgehead atoms. The normalized spacial score (nSPS) is 11.7. The van der Waals surface area contributed by atoms with Crippen molar-refractivity contribution in [3.05, 3.63) is 35.9 Å². The van der Waals surface area contributed by atoms with Crippen molar-refractivity contribution in [1.82, 2.24) is 10.7 Å². The molecule has 6 nitrogen and oxygen atoms in total. The van der Waals surface area contributed by atoms with E-state index >= 15 is 0 Å². The zero-order valence-corrected chi connectivity index (χ0v) is 11.0. The van der Waals surface area contributed by atoms with Crippen LogP contribution in [0.1, 0.15) is 30.6 Å². The summed E-state index contributed by atoms with van der Waals surface area (Å²) in [6.07, 6.45) is 0.486. The summed E-state index contributed by atoms with van der Waals surface area (Å²) in [4.78, 5) is 23.7. The molecule has 102 valence electrons. The molecule has 0 aromatic heterocycles. The van der Waals surface area contributed by atoms with E-state index in [9.17, 15) is 9.59 Å². The minimum atomic E-state index is -0.693. The van der Waals surface area contributed by atoms with E-state index in [1.165, 1.54) is 0 Å². The standard InChI is InChI=1S/C13H18N4O2/c1-9(2)8-11(13(19)16-17-14)15-12(18)10-6-4-3-5-7-10/h3-7,9,11H,8H2,1-2H3,(H,15,18)(H2,14,16,19). The third kappa shape index (κ3) is 4.87. The van der Waals surface area contributed by atoms with Crippen molar-refractivity contribution in [2.45, 2.75) is 26.3 Å². The van der Waals surface area contributed by atoms with E-state index in [2.05, 4.69) is 10.5 Å². The first kappa shape index (κ1) is 14.8. The Morgan fingerprint density at radius 1 is 1.26 bits per heavy atom. The number of hydrogen-bond acceptors (Lipinski definition) is 4. The van der Waals surface area contributed by atoms with E-state index in [-0.39, 0.29) is 11.8 Å². The molecule has 0 aliphatic carbocycles. The lowest BCUT2D eigenvalue weighted by molar-refractivity contribution is -0.123. The first-order valence-corrected chi connectivity index (χ1v) is 6.06. The summed E-state index contributed by atoms with van der Waals surface area (Å²) in [6.45, 7) is 3.90. The minimum Gasteiger partial charge on any atom is -0.340 e. The number of nitrogens with one attached hydrogen (secondary N) is 3. The lowest BCUT2D eigenvalue weighted by atomic mass is 10.0. The van der Waals surface area contributed by atoms with Gasteiger partial charge in [0, 0.05) is 5.56 Å². The molecule has 0 aliphatic rings. The molecule has 1 unspecified atom stereocenters. The fourth-order valence-corrected chi connectivity index (χ4v) is 1.67. The van der Waals surface area contributed by atoms with E-state index in [0.29, 0.717) is 12.0 Å².